The molecule has 0 fully saturated rings. The number of nitrogens with zero attached hydrogens (tertiary/aromatic N) is 2. The van der Waals surface area contributed by atoms with Gasteiger partial charge < -0.3 is 14.5 Å². The maximum Gasteiger partial charge on any atom is 2.00 e. The van der Waals surface area contributed by atoms with Crippen LogP contribution in [0.1, 0.15) is 17.7 Å². The summed E-state index contributed by atoms with van der Waals surface area (Å²) in [5.74, 6) is 1.06. The first-order valence-electron chi connectivity index (χ1n) is 8.08. The normalized spacial score (nSPS) is 11.9. The van der Waals surface area contributed by atoms with Gasteiger partial charge in [0.15, 0.2) is 5.16 Å². The minimum Gasteiger partial charge on any atom is -0.493 e. The van der Waals surface area contributed by atoms with E-state index in [2.05, 4.69) is 15.0 Å². The molecule has 0 bridgehead atoms. The van der Waals surface area contributed by atoms with Gasteiger partial charge in [-0.1, -0.05) is 12.1 Å². The maximum absolute atomic E-state index is 12.7. The average molecular weight is 447 g/mol. The fourth-order valence-electron chi connectivity index (χ4n) is 2.48. The van der Waals surface area contributed by atoms with Gasteiger partial charge in [-0.25, -0.2) is 4.98 Å². The first-order valence-corrected chi connectivity index (χ1v) is 9.40. The molecule has 1 N–H and O–H groups in total. The van der Waals surface area contributed by atoms with E-state index in [0.717, 1.165) is 34.5 Å². The number of hydrogen-bond acceptors (Lipinski definition) is 5. The number of methoxy groups -OCH3 is 1. The summed E-state index contributed by atoms with van der Waals surface area (Å²) < 4.78 is 23.5. The molecule has 1 atom stereocenters. The molecular formula is C18H21N3O3SSr+2. The van der Waals surface area contributed by atoms with Crippen LogP contribution in [0.2, 0.25) is 0 Å². The van der Waals surface area contributed by atoms with Crippen molar-refractivity contribution in [3.63, 3.8) is 0 Å². The Bertz CT molecular complexity index is 852. The standard InChI is InChI=1S/C18H21N3O3S.Sr/c1-13-16(19-9-8-17(13)24-11-5-10-23-2)12-25(22)18-20-14-6-3-4-7-15(14)21-18;/h3-4,6-9H,5,10-12H2,1-2H3,(H,20,21);/q;+2/t25-;/m0./s1. The third-order valence-corrected chi connectivity index (χ3v) is 5.02. The predicted molar refractivity (Wildman–Crippen MR) is 103 cm³/mol. The Balaban J connectivity index is 0.00000243. The van der Waals surface area contributed by atoms with Crippen LogP contribution in [0.4, 0.5) is 0 Å². The van der Waals surface area contributed by atoms with Gasteiger partial charge in [-0.3, -0.25) is 9.19 Å². The first-order chi connectivity index (χ1) is 12.2. The number of aromatic nitrogens is 3. The van der Waals surface area contributed by atoms with E-state index in [4.69, 9.17) is 9.47 Å². The number of pyridine rings is 1. The number of para-hydroxylation sites is 2. The molecule has 8 heteroatoms. The van der Waals surface area contributed by atoms with Gasteiger partial charge in [0.25, 0.3) is 0 Å². The van der Waals surface area contributed by atoms with E-state index in [9.17, 15) is 4.21 Å². The molecule has 26 heavy (non-hydrogen) atoms. The van der Waals surface area contributed by atoms with Crippen LogP contribution in [0.25, 0.3) is 11.0 Å². The number of rotatable bonds is 8. The van der Waals surface area contributed by atoms with Gasteiger partial charge in [0, 0.05) is 31.9 Å². The van der Waals surface area contributed by atoms with Crippen LogP contribution >= 0.6 is 0 Å². The van der Waals surface area contributed by atoms with Gasteiger partial charge in [-0.15, -0.1) is 0 Å². The van der Waals surface area contributed by atoms with E-state index < -0.39 is 10.8 Å². The van der Waals surface area contributed by atoms with Gasteiger partial charge in [0.2, 0.25) is 0 Å². The monoisotopic (exact) mass is 447 g/mol. The number of hydrogen-bond donors (Lipinski definition) is 1. The van der Waals surface area contributed by atoms with Crippen LogP contribution < -0.4 is 4.74 Å². The molecule has 3 rings (SSSR count). The topological polar surface area (TPSA) is 77.1 Å². The Hall–Kier alpha value is -0.769. The number of imidazole rings is 1. The minimum absolute atomic E-state index is 0. The molecule has 2 aromatic heterocycles. The summed E-state index contributed by atoms with van der Waals surface area (Å²) in [5.41, 5.74) is 3.35. The molecule has 2 heterocycles. The quantitative estimate of drug-likeness (QED) is 0.425. The fourth-order valence-corrected chi connectivity index (χ4v) is 3.58. The molecule has 132 valence electrons. The zero-order valence-electron chi connectivity index (χ0n) is 15.0. The van der Waals surface area contributed by atoms with Crippen LogP contribution in [-0.4, -0.2) is 85.0 Å². The van der Waals surface area contributed by atoms with Crippen molar-refractivity contribution in [3.8, 4) is 5.75 Å². The van der Waals surface area contributed by atoms with E-state index in [1.165, 1.54) is 0 Å². The van der Waals surface area contributed by atoms with E-state index in [0.29, 0.717) is 24.1 Å². The Morgan fingerprint density at radius 3 is 2.77 bits per heavy atom. The summed E-state index contributed by atoms with van der Waals surface area (Å²) in [7, 11) is 0.371. The molecule has 0 saturated heterocycles. The summed E-state index contributed by atoms with van der Waals surface area (Å²) in [6.45, 7) is 3.17. The van der Waals surface area contributed by atoms with E-state index in [1.807, 2.05) is 37.3 Å². The molecule has 1 aromatic carbocycles. The number of fused-ring (bicyclic) bond motifs is 1. The second-order valence-corrected chi connectivity index (χ2v) is 6.99. The van der Waals surface area contributed by atoms with Gasteiger partial charge >= 0.3 is 45.5 Å². The largest absolute Gasteiger partial charge is 2.00 e. The number of ether oxygens (including phenoxy) is 2. The third-order valence-electron chi connectivity index (χ3n) is 3.86. The van der Waals surface area contributed by atoms with Gasteiger partial charge in [0.05, 0.1) is 39.9 Å². The second kappa shape index (κ2) is 10.5. The van der Waals surface area contributed by atoms with Crippen molar-refractivity contribution in [1.82, 2.24) is 15.0 Å². The smallest absolute Gasteiger partial charge is 0.493 e. The summed E-state index contributed by atoms with van der Waals surface area (Å²) in [6.07, 6.45) is 2.50. The SMILES string of the molecule is COCCCOc1ccnc(C[S@](=O)c2nc3ccccc3[nH]2)c1C.[Sr+2]. The molecule has 0 aliphatic carbocycles. The van der Waals surface area contributed by atoms with Crippen LogP contribution in [0.15, 0.2) is 41.7 Å². The minimum atomic E-state index is -1.30. The van der Waals surface area contributed by atoms with E-state index in [1.54, 1.807) is 13.3 Å². The van der Waals surface area contributed by atoms with Crippen molar-refractivity contribution < 1.29 is 13.7 Å². The molecule has 3 aromatic rings. The molecule has 6 nitrogen and oxygen atoms in total. The van der Waals surface area contributed by atoms with E-state index >= 15 is 0 Å². The maximum atomic E-state index is 12.7. The summed E-state index contributed by atoms with van der Waals surface area (Å²) >= 11 is 0. The third kappa shape index (κ3) is 5.37. The Labute approximate surface area is 192 Å². The van der Waals surface area contributed by atoms with Crippen LogP contribution in [0.3, 0.4) is 0 Å². The molecule has 0 unspecified atom stereocenters. The number of H-pyrrole nitrogens is 1. The van der Waals surface area contributed by atoms with E-state index in [-0.39, 0.29) is 45.5 Å². The van der Waals surface area contributed by atoms with Crippen molar-refractivity contribution in [2.75, 3.05) is 20.3 Å². The van der Waals surface area contributed by atoms with Crippen molar-refractivity contribution in [2.45, 2.75) is 24.3 Å². The summed E-state index contributed by atoms with van der Waals surface area (Å²) in [4.78, 5) is 11.9. The molecule has 0 aliphatic rings. The fraction of sp³-hybridized carbons (Fsp3) is 0.333. The number of aromatic amines is 1. The van der Waals surface area contributed by atoms with Crippen LogP contribution in [-0.2, 0) is 21.3 Å². The number of nitrogens with one attached hydrogen (secondary N) is 1. The molecule has 0 spiro atoms. The zero-order chi connectivity index (χ0) is 17.6. The average Bonchev–Trinajstić information content (AvgIpc) is 3.06. The summed E-state index contributed by atoms with van der Waals surface area (Å²) in [5, 5.41) is 0.466. The van der Waals surface area contributed by atoms with Gasteiger partial charge in [-0.2, -0.15) is 0 Å². The molecule has 0 aliphatic heterocycles. The molecule has 0 radical (unpaired) electrons. The predicted octanol–water partition coefficient (Wildman–Crippen LogP) is 2.61. The Morgan fingerprint density at radius 1 is 1.19 bits per heavy atom. The first kappa shape index (κ1) is 21.5. The van der Waals surface area contributed by atoms with Crippen LogP contribution in [0.5, 0.6) is 5.75 Å². The van der Waals surface area contributed by atoms with Gasteiger partial charge in [-0.05, 0) is 25.1 Å². The molecule has 0 amide bonds. The Morgan fingerprint density at radius 2 is 2.00 bits per heavy atom. The van der Waals surface area contributed by atoms with Crippen molar-refractivity contribution in [2.24, 2.45) is 0 Å². The molecular weight excluding hydrogens is 426 g/mol. The molecule has 0 saturated carbocycles. The van der Waals surface area contributed by atoms with Gasteiger partial charge in [0.1, 0.15) is 5.75 Å². The zero-order valence-corrected chi connectivity index (χ0v) is 19.3. The summed E-state index contributed by atoms with van der Waals surface area (Å²) in [6, 6.07) is 9.47. The van der Waals surface area contributed by atoms with Crippen molar-refractivity contribution in [3.05, 3.63) is 47.8 Å². The Kier molecular flexibility index (Phi) is 8.72. The van der Waals surface area contributed by atoms with Crippen LogP contribution in [0, 0.1) is 6.92 Å². The number of benzene rings is 1. The second-order valence-electron chi connectivity index (χ2n) is 5.62. The van der Waals surface area contributed by atoms with Crippen molar-refractivity contribution >= 4 is 67.3 Å². The van der Waals surface area contributed by atoms with Crippen molar-refractivity contribution in [1.29, 1.82) is 0 Å².